The van der Waals surface area contributed by atoms with Crippen molar-refractivity contribution in [3.05, 3.63) is 30.2 Å². The molecule has 0 aliphatic carbocycles. The van der Waals surface area contributed by atoms with E-state index < -0.39 is 5.41 Å². The Hall–Kier alpha value is -2.74. The third-order valence-electron chi connectivity index (χ3n) is 5.72. The Kier molecular flexibility index (Phi) is 5.60. The van der Waals surface area contributed by atoms with E-state index in [-0.39, 0.29) is 11.9 Å². The molecule has 0 atom stereocenters. The summed E-state index contributed by atoms with van der Waals surface area (Å²) in [6.07, 6.45) is 3.37. The van der Waals surface area contributed by atoms with E-state index in [0.29, 0.717) is 32.1 Å². The van der Waals surface area contributed by atoms with E-state index in [1.807, 2.05) is 32.9 Å². The zero-order valence-electron chi connectivity index (χ0n) is 17.9. The molecule has 2 aliphatic rings. The molecule has 3 heterocycles. The monoisotopic (exact) mass is 411 g/mol. The van der Waals surface area contributed by atoms with Gasteiger partial charge in [0.2, 0.25) is 5.91 Å². The number of hydroxylamine groups is 2. The number of rotatable bonds is 3. The number of nitrogens with zero attached hydrogens (tertiary/aromatic N) is 4. The number of carbonyl (C=O) groups is 2. The van der Waals surface area contributed by atoms with Crippen LogP contribution in [0.25, 0.3) is 10.9 Å². The number of amides is 1. The molecule has 0 radical (unpaired) electrons. The molecule has 160 valence electrons. The van der Waals surface area contributed by atoms with Crippen LogP contribution in [-0.4, -0.2) is 59.6 Å². The van der Waals surface area contributed by atoms with Crippen molar-refractivity contribution in [2.24, 2.45) is 5.41 Å². The summed E-state index contributed by atoms with van der Waals surface area (Å²) in [5, 5.41) is 5.67. The largest absolute Gasteiger partial charge is 0.367 e. The second-order valence-corrected chi connectivity index (χ2v) is 9.06. The zero-order valence-corrected chi connectivity index (χ0v) is 17.9. The highest BCUT2D eigenvalue weighted by Crippen LogP contribution is 2.33. The van der Waals surface area contributed by atoms with Crippen LogP contribution in [0.15, 0.2) is 24.5 Å². The normalized spacial score (nSPS) is 19.0. The standard InChI is InChI=1S/C22H29N5O3/c1-22(2,3)21(29)30-27-9-6-15(7-10-27)20-17-5-4-16(12-18(17)24-14-25-20)26-11-8-23-19(28)13-26/h4-5,12,14-15H,6-11,13H2,1-3H3,(H,23,28). The van der Waals surface area contributed by atoms with Gasteiger partial charge < -0.3 is 15.1 Å². The van der Waals surface area contributed by atoms with Gasteiger partial charge in [0.15, 0.2) is 0 Å². The number of piperidine rings is 1. The van der Waals surface area contributed by atoms with Crippen molar-refractivity contribution in [3.63, 3.8) is 0 Å². The second-order valence-electron chi connectivity index (χ2n) is 9.06. The van der Waals surface area contributed by atoms with E-state index in [2.05, 4.69) is 26.3 Å². The Labute approximate surface area is 176 Å². The molecule has 0 spiro atoms. The van der Waals surface area contributed by atoms with Gasteiger partial charge in [0, 0.05) is 43.2 Å². The molecule has 0 unspecified atom stereocenters. The fourth-order valence-electron chi connectivity index (χ4n) is 3.92. The lowest BCUT2D eigenvalue weighted by Gasteiger charge is -2.32. The minimum atomic E-state index is -0.507. The maximum absolute atomic E-state index is 12.1. The van der Waals surface area contributed by atoms with Crippen molar-refractivity contribution in [2.45, 2.75) is 39.5 Å². The molecule has 30 heavy (non-hydrogen) atoms. The zero-order chi connectivity index (χ0) is 21.3. The average molecular weight is 412 g/mol. The minimum absolute atomic E-state index is 0.0450. The topological polar surface area (TPSA) is 87.7 Å². The number of benzene rings is 1. The van der Waals surface area contributed by atoms with Crippen LogP contribution in [0.2, 0.25) is 0 Å². The quantitative estimate of drug-likeness (QED) is 0.829. The molecular formula is C22H29N5O3. The smallest absolute Gasteiger partial charge is 0.330 e. The first-order valence-electron chi connectivity index (χ1n) is 10.5. The second kappa shape index (κ2) is 8.18. The van der Waals surface area contributed by atoms with Crippen molar-refractivity contribution >= 4 is 28.5 Å². The number of piperazine rings is 1. The fraction of sp³-hybridized carbons (Fsp3) is 0.545. The lowest BCUT2D eigenvalue weighted by atomic mass is 9.91. The number of hydrogen-bond acceptors (Lipinski definition) is 7. The van der Waals surface area contributed by atoms with E-state index in [1.165, 1.54) is 0 Å². The molecule has 2 aromatic rings. The van der Waals surface area contributed by atoms with E-state index in [0.717, 1.165) is 41.7 Å². The van der Waals surface area contributed by atoms with Crippen LogP contribution in [0.5, 0.6) is 0 Å². The molecule has 4 rings (SSSR count). The van der Waals surface area contributed by atoms with Crippen LogP contribution in [0.1, 0.15) is 45.2 Å². The lowest BCUT2D eigenvalue weighted by Crippen LogP contribution is -2.47. The van der Waals surface area contributed by atoms with E-state index in [9.17, 15) is 9.59 Å². The van der Waals surface area contributed by atoms with Crippen molar-refractivity contribution in [3.8, 4) is 0 Å². The van der Waals surface area contributed by atoms with Gasteiger partial charge in [0.05, 0.1) is 23.2 Å². The number of carbonyl (C=O) groups excluding carboxylic acids is 2. The molecule has 8 nitrogen and oxygen atoms in total. The summed E-state index contributed by atoms with van der Waals surface area (Å²) >= 11 is 0. The van der Waals surface area contributed by atoms with Crippen molar-refractivity contribution in [1.82, 2.24) is 20.3 Å². The van der Waals surface area contributed by atoms with Crippen LogP contribution >= 0.6 is 0 Å². The Balaban J connectivity index is 1.47. The van der Waals surface area contributed by atoms with Gasteiger partial charge in [-0.05, 0) is 51.8 Å². The van der Waals surface area contributed by atoms with Crippen molar-refractivity contribution in [1.29, 1.82) is 0 Å². The van der Waals surface area contributed by atoms with Crippen LogP contribution in [0.4, 0.5) is 5.69 Å². The molecule has 2 saturated heterocycles. The molecule has 1 aromatic carbocycles. The first-order chi connectivity index (χ1) is 14.3. The predicted octanol–water partition coefficient (Wildman–Crippen LogP) is 2.25. The molecule has 1 amide bonds. The number of nitrogens with one attached hydrogen (secondary N) is 1. The molecule has 0 saturated carbocycles. The molecule has 8 heteroatoms. The lowest BCUT2D eigenvalue weighted by molar-refractivity contribution is -0.204. The Morgan fingerprint density at radius 1 is 1.17 bits per heavy atom. The van der Waals surface area contributed by atoms with Gasteiger partial charge in [-0.3, -0.25) is 4.79 Å². The third-order valence-corrected chi connectivity index (χ3v) is 5.72. The Bertz CT molecular complexity index is 947. The SMILES string of the molecule is CC(C)(C)C(=O)ON1CCC(c2ncnc3cc(N4CCNC(=O)C4)ccc23)CC1. The number of fused-ring (bicyclic) bond motifs is 1. The summed E-state index contributed by atoms with van der Waals surface area (Å²) in [4.78, 5) is 40.5. The number of anilines is 1. The van der Waals surface area contributed by atoms with Gasteiger partial charge in [-0.15, -0.1) is 5.06 Å². The average Bonchev–Trinajstić information content (AvgIpc) is 2.73. The highest BCUT2D eigenvalue weighted by Gasteiger charge is 2.30. The van der Waals surface area contributed by atoms with E-state index in [1.54, 1.807) is 11.4 Å². The maximum atomic E-state index is 12.1. The molecule has 1 N–H and O–H groups in total. The van der Waals surface area contributed by atoms with Crippen molar-refractivity contribution in [2.75, 3.05) is 37.6 Å². The van der Waals surface area contributed by atoms with Gasteiger partial charge in [0.25, 0.3) is 0 Å². The first kappa shape index (κ1) is 20.5. The van der Waals surface area contributed by atoms with Gasteiger partial charge in [-0.25, -0.2) is 14.8 Å². The van der Waals surface area contributed by atoms with Crippen LogP contribution < -0.4 is 10.2 Å². The van der Waals surface area contributed by atoms with E-state index in [4.69, 9.17) is 4.84 Å². The summed E-state index contributed by atoms with van der Waals surface area (Å²) in [7, 11) is 0. The minimum Gasteiger partial charge on any atom is -0.367 e. The summed E-state index contributed by atoms with van der Waals surface area (Å²) in [5.74, 6) is 0.141. The molecule has 1 aromatic heterocycles. The van der Waals surface area contributed by atoms with E-state index >= 15 is 0 Å². The molecule has 0 bridgehead atoms. The first-order valence-corrected chi connectivity index (χ1v) is 10.5. The Morgan fingerprint density at radius 2 is 1.93 bits per heavy atom. The predicted molar refractivity (Wildman–Crippen MR) is 114 cm³/mol. The molecule has 2 aliphatic heterocycles. The van der Waals surface area contributed by atoms with Gasteiger partial charge in [0.1, 0.15) is 6.33 Å². The highest BCUT2D eigenvalue weighted by molar-refractivity contribution is 5.87. The summed E-state index contributed by atoms with van der Waals surface area (Å²) in [6.45, 7) is 8.79. The highest BCUT2D eigenvalue weighted by atomic mass is 16.7. The maximum Gasteiger partial charge on any atom is 0.330 e. The summed E-state index contributed by atoms with van der Waals surface area (Å²) < 4.78 is 0. The molecule has 2 fully saturated rings. The van der Waals surface area contributed by atoms with Crippen LogP contribution in [0, 0.1) is 5.41 Å². The Morgan fingerprint density at radius 3 is 2.63 bits per heavy atom. The van der Waals surface area contributed by atoms with Gasteiger partial charge in [-0.2, -0.15) is 0 Å². The fourth-order valence-corrected chi connectivity index (χ4v) is 3.92. The summed E-state index contributed by atoms with van der Waals surface area (Å²) in [6, 6.07) is 6.16. The van der Waals surface area contributed by atoms with Gasteiger partial charge >= 0.3 is 5.97 Å². The molecular weight excluding hydrogens is 382 g/mol. The van der Waals surface area contributed by atoms with Crippen LogP contribution in [-0.2, 0) is 14.4 Å². The summed E-state index contributed by atoms with van der Waals surface area (Å²) in [5.41, 5.74) is 2.44. The third kappa shape index (κ3) is 4.38. The number of hydrogen-bond donors (Lipinski definition) is 1. The number of aromatic nitrogens is 2. The van der Waals surface area contributed by atoms with Crippen molar-refractivity contribution < 1.29 is 14.4 Å². The van der Waals surface area contributed by atoms with Crippen LogP contribution in [0.3, 0.4) is 0 Å². The van der Waals surface area contributed by atoms with Gasteiger partial charge in [-0.1, -0.05) is 0 Å².